The minimum atomic E-state index is -0.810. The second-order valence-electron chi connectivity index (χ2n) is 7.80. The number of benzene rings is 2. The molecule has 1 fully saturated rings. The van der Waals surface area contributed by atoms with Crippen molar-refractivity contribution in [1.29, 1.82) is 0 Å². The Balaban J connectivity index is 1.73. The number of nitrogens with zero attached hydrogens (tertiary/aromatic N) is 1. The van der Waals surface area contributed by atoms with Crippen LogP contribution in [-0.2, 0) is 11.3 Å². The zero-order chi connectivity index (χ0) is 21.6. The van der Waals surface area contributed by atoms with Crippen molar-refractivity contribution in [3.05, 3.63) is 94.9 Å². The van der Waals surface area contributed by atoms with E-state index in [0.29, 0.717) is 5.02 Å². The second-order valence-corrected chi connectivity index (χ2v) is 8.21. The molecule has 1 aromatic heterocycles. The van der Waals surface area contributed by atoms with Gasteiger partial charge in [-0.1, -0.05) is 73.0 Å². The molecule has 1 N–H and O–H groups in total. The molecule has 0 radical (unpaired) electrons. The molecule has 5 nitrogen and oxygen atoms in total. The van der Waals surface area contributed by atoms with E-state index < -0.39 is 6.04 Å². The van der Waals surface area contributed by atoms with Gasteiger partial charge in [0.2, 0.25) is 5.91 Å². The van der Waals surface area contributed by atoms with Crippen LogP contribution in [0.15, 0.2) is 77.4 Å². The smallest absolute Gasteiger partial charge is 0.290 e. The Morgan fingerprint density at radius 3 is 2.39 bits per heavy atom. The predicted octanol–water partition coefficient (Wildman–Crippen LogP) is 5.38. The van der Waals surface area contributed by atoms with Crippen LogP contribution in [-0.4, -0.2) is 22.8 Å². The summed E-state index contributed by atoms with van der Waals surface area (Å²) in [6.45, 7) is 0.177. The first-order valence-electron chi connectivity index (χ1n) is 10.6. The first kappa shape index (κ1) is 21.2. The van der Waals surface area contributed by atoms with Crippen LogP contribution in [0.5, 0.6) is 0 Å². The maximum Gasteiger partial charge on any atom is 0.290 e. The van der Waals surface area contributed by atoms with E-state index in [1.807, 2.05) is 48.5 Å². The number of halogens is 1. The van der Waals surface area contributed by atoms with Crippen molar-refractivity contribution in [3.63, 3.8) is 0 Å². The molecule has 1 aliphatic rings. The van der Waals surface area contributed by atoms with E-state index in [9.17, 15) is 9.59 Å². The highest BCUT2D eigenvalue weighted by Gasteiger charge is 2.34. The summed E-state index contributed by atoms with van der Waals surface area (Å²) in [5.74, 6) is -0.368. The molecule has 1 aliphatic carbocycles. The number of nitrogens with one attached hydrogen (secondary N) is 1. The third-order valence-electron chi connectivity index (χ3n) is 5.67. The van der Waals surface area contributed by atoms with Gasteiger partial charge in [-0.2, -0.15) is 0 Å². The largest absolute Gasteiger partial charge is 0.459 e. The molecule has 2 aromatic carbocycles. The van der Waals surface area contributed by atoms with E-state index in [1.54, 1.807) is 23.1 Å². The van der Waals surface area contributed by atoms with Gasteiger partial charge in [-0.25, -0.2) is 0 Å². The summed E-state index contributed by atoms with van der Waals surface area (Å²) in [6.07, 6.45) is 5.59. The lowest BCUT2D eigenvalue weighted by Crippen LogP contribution is -2.45. The molecule has 1 saturated carbocycles. The van der Waals surface area contributed by atoms with Crippen LogP contribution in [0, 0.1) is 0 Å². The molecule has 31 heavy (non-hydrogen) atoms. The van der Waals surface area contributed by atoms with E-state index in [4.69, 9.17) is 16.0 Å². The molecule has 4 rings (SSSR count). The molecule has 0 aliphatic heterocycles. The number of hydrogen-bond acceptors (Lipinski definition) is 3. The van der Waals surface area contributed by atoms with E-state index in [0.717, 1.165) is 36.8 Å². The van der Waals surface area contributed by atoms with E-state index in [2.05, 4.69) is 5.32 Å². The zero-order valence-electron chi connectivity index (χ0n) is 17.2. The van der Waals surface area contributed by atoms with Crippen molar-refractivity contribution in [2.24, 2.45) is 0 Å². The molecule has 0 bridgehead atoms. The minimum Gasteiger partial charge on any atom is -0.459 e. The first-order valence-corrected chi connectivity index (χ1v) is 10.9. The highest BCUT2D eigenvalue weighted by Crippen LogP contribution is 2.29. The molecule has 1 heterocycles. The summed E-state index contributed by atoms with van der Waals surface area (Å²) in [5.41, 5.74) is 1.50. The van der Waals surface area contributed by atoms with Crippen molar-refractivity contribution in [2.45, 2.75) is 44.3 Å². The lowest BCUT2D eigenvalue weighted by molar-refractivity contribution is -0.126. The Morgan fingerprint density at radius 2 is 1.71 bits per heavy atom. The number of carbonyl (C=O) groups is 2. The second kappa shape index (κ2) is 9.84. The maximum atomic E-state index is 13.5. The van der Waals surface area contributed by atoms with Gasteiger partial charge in [0, 0.05) is 17.6 Å². The van der Waals surface area contributed by atoms with Gasteiger partial charge in [0.1, 0.15) is 6.04 Å². The normalized spacial score (nSPS) is 14.9. The lowest BCUT2D eigenvalue weighted by atomic mass is 10.0. The molecule has 160 valence electrons. The summed E-state index contributed by atoms with van der Waals surface area (Å²) < 4.78 is 5.39. The van der Waals surface area contributed by atoms with Crippen molar-refractivity contribution >= 4 is 23.4 Å². The SMILES string of the molecule is O=C(NC1CCCC1)[C@@H](c1ccccc1)N(Cc1ccccc1Cl)C(=O)c1ccco1. The highest BCUT2D eigenvalue weighted by atomic mass is 35.5. The highest BCUT2D eigenvalue weighted by molar-refractivity contribution is 6.31. The molecule has 6 heteroatoms. The summed E-state index contributed by atoms with van der Waals surface area (Å²) >= 11 is 6.40. The molecular formula is C25H25ClN2O3. The molecular weight excluding hydrogens is 412 g/mol. The summed E-state index contributed by atoms with van der Waals surface area (Å²) in [4.78, 5) is 28.6. The summed E-state index contributed by atoms with van der Waals surface area (Å²) in [7, 11) is 0. The van der Waals surface area contributed by atoms with E-state index >= 15 is 0 Å². The van der Waals surface area contributed by atoms with Crippen molar-refractivity contribution < 1.29 is 14.0 Å². The van der Waals surface area contributed by atoms with Crippen molar-refractivity contribution in [3.8, 4) is 0 Å². The van der Waals surface area contributed by atoms with Gasteiger partial charge < -0.3 is 14.6 Å². The van der Waals surface area contributed by atoms with E-state index in [-0.39, 0.29) is 30.2 Å². The van der Waals surface area contributed by atoms with Gasteiger partial charge in [-0.3, -0.25) is 9.59 Å². The van der Waals surface area contributed by atoms with Crippen molar-refractivity contribution in [2.75, 3.05) is 0 Å². The fraction of sp³-hybridized carbons (Fsp3) is 0.280. The molecule has 3 aromatic rings. The van der Waals surface area contributed by atoms with Gasteiger partial charge in [0.25, 0.3) is 5.91 Å². The summed E-state index contributed by atoms with van der Waals surface area (Å²) in [5, 5.41) is 3.71. The topological polar surface area (TPSA) is 62.6 Å². The summed E-state index contributed by atoms with van der Waals surface area (Å²) in [6, 6.07) is 19.3. The maximum absolute atomic E-state index is 13.5. The van der Waals surface area contributed by atoms with Crippen LogP contribution in [0.4, 0.5) is 0 Å². The van der Waals surface area contributed by atoms with Gasteiger partial charge in [0.15, 0.2) is 5.76 Å². The first-order chi connectivity index (χ1) is 15.1. The third kappa shape index (κ3) is 5.00. The fourth-order valence-electron chi connectivity index (χ4n) is 4.09. The van der Waals surface area contributed by atoms with Gasteiger partial charge in [0.05, 0.1) is 6.26 Å². The number of hydrogen-bond donors (Lipinski definition) is 1. The van der Waals surface area contributed by atoms with Crippen LogP contribution in [0.2, 0.25) is 5.02 Å². The van der Waals surface area contributed by atoms with Crippen LogP contribution < -0.4 is 5.32 Å². The van der Waals surface area contributed by atoms with Crippen LogP contribution >= 0.6 is 11.6 Å². The van der Waals surface area contributed by atoms with Crippen LogP contribution in [0.3, 0.4) is 0 Å². The predicted molar refractivity (Wildman–Crippen MR) is 120 cm³/mol. The fourth-order valence-corrected chi connectivity index (χ4v) is 4.29. The van der Waals surface area contributed by atoms with Gasteiger partial charge >= 0.3 is 0 Å². The Hall–Kier alpha value is -3.05. The molecule has 0 saturated heterocycles. The molecule has 2 amide bonds. The number of amides is 2. The van der Waals surface area contributed by atoms with Crippen molar-refractivity contribution in [1.82, 2.24) is 10.2 Å². The van der Waals surface area contributed by atoms with Crippen LogP contribution in [0.25, 0.3) is 0 Å². The number of rotatable bonds is 7. The Kier molecular flexibility index (Phi) is 6.73. The van der Waals surface area contributed by atoms with Gasteiger partial charge in [-0.15, -0.1) is 0 Å². The average molecular weight is 437 g/mol. The average Bonchev–Trinajstić information content (AvgIpc) is 3.49. The monoisotopic (exact) mass is 436 g/mol. The molecule has 0 unspecified atom stereocenters. The zero-order valence-corrected chi connectivity index (χ0v) is 17.9. The number of furan rings is 1. The molecule has 0 spiro atoms. The van der Waals surface area contributed by atoms with Gasteiger partial charge in [-0.05, 0) is 42.2 Å². The Morgan fingerprint density at radius 1 is 1.00 bits per heavy atom. The standard InChI is InChI=1S/C25H25ClN2O3/c26-21-14-7-4-11-19(21)17-28(25(30)22-15-8-16-31-22)23(18-9-2-1-3-10-18)24(29)27-20-12-5-6-13-20/h1-4,7-11,14-16,20,23H,5-6,12-13,17H2,(H,27,29)/t23-/m1/s1. The quantitative estimate of drug-likeness (QED) is 0.541. The Bertz CT molecular complexity index is 1010. The lowest BCUT2D eigenvalue weighted by Gasteiger charge is -2.32. The number of carbonyl (C=O) groups excluding carboxylic acids is 2. The van der Waals surface area contributed by atoms with E-state index in [1.165, 1.54) is 6.26 Å². The Labute approximate surface area is 187 Å². The third-order valence-corrected chi connectivity index (χ3v) is 6.04. The molecule has 1 atom stereocenters. The van der Waals surface area contributed by atoms with Crippen LogP contribution in [0.1, 0.15) is 53.4 Å². The minimum absolute atomic E-state index is 0.139.